The van der Waals surface area contributed by atoms with E-state index in [1.807, 2.05) is 6.92 Å². The molecule has 92 valence electrons. The zero-order chi connectivity index (χ0) is 11.8. The molecule has 6 nitrogen and oxygen atoms in total. The van der Waals surface area contributed by atoms with Crippen molar-refractivity contribution in [1.82, 2.24) is 15.0 Å². The zero-order valence-electron chi connectivity index (χ0n) is 10.1. The van der Waals surface area contributed by atoms with Crippen molar-refractivity contribution in [2.75, 3.05) is 40.5 Å². The highest BCUT2D eigenvalue weighted by atomic mass is 16.5. The summed E-state index contributed by atoms with van der Waals surface area (Å²) in [5.74, 6) is 1.29. The van der Waals surface area contributed by atoms with Crippen LogP contribution in [0.15, 0.2) is 4.52 Å². The molecule has 0 spiro atoms. The topological polar surface area (TPSA) is 60.6 Å². The second kappa shape index (κ2) is 7.32. The lowest BCUT2D eigenvalue weighted by atomic mass is 10.4. The lowest BCUT2D eigenvalue weighted by Crippen LogP contribution is -2.30. The molecule has 1 aromatic rings. The van der Waals surface area contributed by atoms with Gasteiger partial charge in [-0.05, 0) is 6.92 Å². The Hall–Kier alpha value is -0.980. The fourth-order valence-corrected chi connectivity index (χ4v) is 1.31. The molecule has 1 rings (SSSR count). The van der Waals surface area contributed by atoms with E-state index in [9.17, 15) is 0 Å². The van der Waals surface area contributed by atoms with Gasteiger partial charge in [0.15, 0.2) is 5.82 Å². The summed E-state index contributed by atoms with van der Waals surface area (Å²) in [6, 6.07) is 0. The summed E-state index contributed by atoms with van der Waals surface area (Å²) in [4.78, 5) is 6.32. The van der Waals surface area contributed by atoms with Gasteiger partial charge in [-0.15, -0.1) is 0 Å². The average Bonchev–Trinajstić information content (AvgIpc) is 2.68. The van der Waals surface area contributed by atoms with E-state index < -0.39 is 0 Å². The van der Waals surface area contributed by atoms with Crippen LogP contribution in [0.3, 0.4) is 0 Å². The van der Waals surface area contributed by atoms with Crippen molar-refractivity contribution in [3.8, 4) is 0 Å². The molecule has 0 N–H and O–H groups in total. The smallest absolute Gasteiger partial charge is 0.240 e. The number of hydrogen-bond donors (Lipinski definition) is 0. The largest absolute Gasteiger partial charge is 0.383 e. The highest BCUT2D eigenvalue weighted by Gasteiger charge is 2.10. The Bertz CT molecular complexity index is 283. The molecular weight excluding hydrogens is 210 g/mol. The van der Waals surface area contributed by atoms with Gasteiger partial charge in [-0.3, -0.25) is 4.90 Å². The number of nitrogens with zero attached hydrogens (tertiary/aromatic N) is 3. The van der Waals surface area contributed by atoms with Gasteiger partial charge < -0.3 is 14.0 Å². The molecule has 0 fully saturated rings. The molecule has 1 heterocycles. The fraction of sp³-hybridized carbons (Fsp3) is 0.800. The quantitative estimate of drug-likeness (QED) is 0.646. The SMILES string of the molecule is COCCN(CCOC)Cc1nc(C)no1. The molecule has 0 saturated carbocycles. The zero-order valence-corrected chi connectivity index (χ0v) is 10.1. The minimum Gasteiger partial charge on any atom is -0.383 e. The summed E-state index contributed by atoms with van der Waals surface area (Å²) in [6.45, 7) is 5.44. The van der Waals surface area contributed by atoms with Crippen molar-refractivity contribution >= 4 is 0 Å². The normalized spacial score (nSPS) is 11.2. The van der Waals surface area contributed by atoms with E-state index in [0.29, 0.717) is 31.5 Å². The van der Waals surface area contributed by atoms with Crippen LogP contribution in [0.5, 0.6) is 0 Å². The summed E-state index contributed by atoms with van der Waals surface area (Å²) < 4.78 is 15.2. The minimum absolute atomic E-state index is 0.629. The van der Waals surface area contributed by atoms with Crippen LogP contribution in [0.1, 0.15) is 11.7 Å². The first-order chi connectivity index (χ1) is 7.76. The van der Waals surface area contributed by atoms with Gasteiger partial charge in [0, 0.05) is 27.3 Å². The Morgan fingerprint density at radius 2 is 1.81 bits per heavy atom. The lowest BCUT2D eigenvalue weighted by Gasteiger charge is -2.19. The number of hydrogen-bond acceptors (Lipinski definition) is 6. The first kappa shape index (κ1) is 13.1. The molecule has 0 unspecified atom stereocenters. The van der Waals surface area contributed by atoms with E-state index >= 15 is 0 Å². The van der Waals surface area contributed by atoms with E-state index in [-0.39, 0.29) is 0 Å². The third-order valence-corrected chi connectivity index (χ3v) is 2.15. The van der Waals surface area contributed by atoms with Crippen LogP contribution in [0.2, 0.25) is 0 Å². The number of aromatic nitrogens is 2. The Labute approximate surface area is 95.5 Å². The second-order valence-corrected chi connectivity index (χ2v) is 3.50. The molecule has 0 aliphatic rings. The van der Waals surface area contributed by atoms with Crippen LogP contribution < -0.4 is 0 Å². The van der Waals surface area contributed by atoms with E-state index in [2.05, 4.69) is 15.0 Å². The molecule has 1 aromatic heterocycles. The maximum atomic E-state index is 5.07. The second-order valence-electron chi connectivity index (χ2n) is 3.50. The lowest BCUT2D eigenvalue weighted by molar-refractivity contribution is 0.103. The fourth-order valence-electron chi connectivity index (χ4n) is 1.31. The van der Waals surface area contributed by atoms with Crippen molar-refractivity contribution in [2.45, 2.75) is 13.5 Å². The highest BCUT2D eigenvalue weighted by Crippen LogP contribution is 2.02. The average molecular weight is 229 g/mol. The molecule has 0 aliphatic heterocycles. The molecule has 0 atom stereocenters. The molecule has 0 aliphatic carbocycles. The van der Waals surface area contributed by atoms with Gasteiger partial charge in [0.05, 0.1) is 19.8 Å². The van der Waals surface area contributed by atoms with Crippen molar-refractivity contribution < 1.29 is 14.0 Å². The van der Waals surface area contributed by atoms with Crippen LogP contribution in [-0.2, 0) is 16.0 Å². The standard InChI is InChI=1S/C10H19N3O3/c1-9-11-10(16-12-9)8-13(4-6-14-2)5-7-15-3/h4-8H2,1-3H3. The van der Waals surface area contributed by atoms with Crippen LogP contribution in [0.25, 0.3) is 0 Å². The molecule has 6 heteroatoms. The molecule has 0 amide bonds. The maximum Gasteiger partial charge on any atom is 0.240 e. The minimum atomic E-state index is 0.629. The van der Waals surface area contributed by atoms with Crippen molar-refractivity contribution in [3.63, 3.8) is 0 Å². The monoisotopic (exact) mass is 229 g/mol. The molecule has 0 radical (unpaired) electrons. The summed E-state index contributed by atoms with van der Waals surface area (Å²) in [5.41, 5.74) is 0. The van der Waals surface area contributed by atoms with Crippen molar-refractivity contribution in [1.29, 1.82) is 0 Å². The molecule has 0 aromatic carbocycles. The van der Waals surface area contributed by atoms with Gasteiger partial charge >= 0.3 is 0 Å². The predicted molar refractivity (Wildman–Crippen MR) is 58.1 cm³/mol. The van der Waals surface area contributed by atoms with Crippen LogP contribution in [0, 0.1) is 6.92 Å². The predicted octanol–water partition coefficient (Wildman–Crippen LogP) is 0.473. The number of ether oxygens (including phenoxy) is 2. The summed E-state index contributed by atoms with van der Waals surface area (Å²) in [6.07, 6.45) is 0. The molecular formula is C10H19N3O3. The number of methoxy groups -OCH3 is 2. The maximum absolute atomic E-state index is 5.07. The van der Waals surface area contributed by atoms with E-state index in [1.54, 1.807) is 14.2 Å². The van der Waals surface area contributed by atoms with Gasteiger partial charge in [0.1, 0.15) is 0 Å². The molecule has 16 heavy (non-hydrogen) atoms. The Morgan fingerprint density at radius 1 is 1.19 bits per heavy atom. The molecule has 0 bridgehead atoms. The van der Waals surface area contributed by atoms with E-state index in [0.717, 1.165) is 13.1 Å². The first-order valence-corrected chi connectivity index (χ1v) is 5.25. The van der Waals surface area contributed by atoms with Crippen LogP contribution >= 0.6 is 0 Å². The summed E-state index contributed by atoms with van der Waals surface area (Å²) in [7, 11) is 3.37. The van der Waals surface area contributed by atoms with Gasteiger partial charge in [-0.1, -0.05) is 5.16 Å². The van der Waals surface area contributed by atoms with Crippen LogP contribution in [0.4, 0.5) is 0 Å². The summed E-state index contributed by atoms with van der Waals surface area (Å²) in [5, 5.41) is 3.75. The molecule has 0 saturated heterocycles. The third kappa shape index (κ3) is 4.69. The third-order valence-electron chi connectivity index (χ3n) is 2.15. The van der Waals surface area contributed by atoms with E-state index in [1.165, 1.54) is 0 Å². The van der Waals surface area contributed by atoms with Crippen molar-refractivity contribution in [2.24, 2.45) is 0 Å². The van der Waals surface area contributed by atoms with Crippen molar-refractivity contribution in [3.05, 3.63) is 11.7 Å². The van der Waals surface area contributed by atoms with Gasteiger partial charge in [0.2, 0.25) is 5.89 Å². The van der Waals surface area contributed by atoms with E-state index in [4.69, 9.17) is 14.0 Å². The Morgan fingerprint density at radius 3 is 2.25 bits per heavy atom. The number of aryl methyl sites for hydroxylation is 1. The Kier molecular flexibility index (Phi) is 5.99. The van der Waals surface area contributed by atoms with Crippen LogP contribution in [-0.4, -0.2) is 55.6 Å². The van der Waals surface area contributed by atoms with Gasteiger partial charge in [-0.2, -0.15) is 4.98 Å². The number of rotatable bonds is 8. The summed E-state index contributed by atoms with van der Waals surface area (Å²) >= 11 is 0. The van der Waals surface area contributed by atoms with Gasteiger partial charge in [-0.25, -0.2) is 0 Å². The Balaban J connectivity index is 2.41. The van der Waals surface area contributed by atoms with Gasteiger partial charge in [0.25, 0.3) is 0 Å². The highest BCUT2D eigenvalue weighted by molar-refractivity contribution is 4.82. The first-order valence-electron chi connectivity index (χ1n) is 5.25.